The molecule has 0 aromatic heterocycles. The van der Waals surface area contributed by atoms with E-state index in [2.05, 4.69) is 0 Å². The molecule has 12 heavy (non-hydrogen) atoms. The van der Waals surface area contributed by atoms with Gasteiger partial charge < -0.3 is 9.47 Å². The minimum absolute atomic E-state index is 0.310. The Hall–Kier alpha value is -0.990. The van der Waals surface area contributed by atoms with Crippen molar-refractivity contribution in [3.63, 3.8) is 0 Å². The zero-order valence-electron chi connectivity index (χ0n) is 7.72. The minimum Gasteiger partial charge on any atom is -0.457 e. The fraction of sp³-hybridized carbons (Fsp3) is 0.667. The lowest BCUT2D eigenvalue weighted by atomic mass is 10.2. The summed E-state index contributed by atoms with van der Waals surface area (Å²) in [4.78, 5) is 11.0. The van der Waals surface area contributed by atoms with Gasteiger partial charge in [0, 0.05) is 20.3 Å². The summed E-state index contributed by atoms with van der Waals surface area (Å²) in [5.74, 6) is -0.385. The van der Waals surface area contributed by atoms with Crippen LogP contribution in [0, 0.1) is 0 Å². The molecule has 0 radical (unpaired) electrons. The topological polar surface area (TPSA) is 35.5 Å². The molecule has 1 aliphatic rings. The molecule has 1 rings (SSSR count). The van der Waals surface area contributed by atoms with E-state index in [4.69, 9.17) is 9.47 Å². The lowest BCUT2D eigenvalue weighted by Gasteiger charge is -2.30. The van der Waals surface area contributed by atoms with E-state index in [-0.39, 0.29) is 5.97 Å². The van der Waals surface area contributed by atoms with Crippen molar-refractivity contribution >= 4 is 5.97 Å². The molecule has 0 spiro atoms. The van der Waals surface area contributed by atoms with Gasteiger partial charge in [0.25, 0.3) is 0 Å². The first-order valence-corrected chi connectivity index (χ1v) is 4.16. The quantitative estimate of drug-likeness (QED) is 0.594. The molecule has 1 aliphatic heterocycles. The van der Waals surface area contributed by atoms with Crippen LogP contribution in [0.5, 0.6) is 0 Å². The van der Waals surface area contributed by atoms with Crippen LogP contribution >= 0.6 is 0 Å². The van der Waals surface area contributed by atoms with Gasteiger partial charge in [0.15, 0.2) is 0 Å². The fourth-order valence-electron chi connectivity index (χ4n) is 1.14. The molecule has 3 nitrogen and oxygen atoms in total. The van der Waals surface area contributed by atoms with Crippen LogP contribution in [0.2, 0.25) is 0 Å². The highest BCUT2D eigenvalue weighted by Crippen LogP contribution is 2.24. The molecular weight excluding hydrogens is 156 g/mol. The molecule has 0 N–H and O–H groups in total. The number of allylic oxidation sites excluding steroid dienone is 1. The average molecular weight is 170 g/mol. The van der Waals surface area contributed by atoms with E-state index in [0.717, 1.165) is 18.6 Å². The Kier molecular flexibility index (Phi) is 2.40. The summed E-state index contributed by atoms with van der Waals surface area (Å²) in [7, 11) is 0. The van der Waals surface area contributed by atoms with Gasteiger partial charge in [0.2, 0.25) is 5.79 Å². The van der Waals surface area contributed by atoms with Crippen LogP contribution in [0.4, 0.5) is 0 Å². The van der Waals surface area contributed by atoms with Crippen LogP contribution in [0.3, 0.4) is 0 Å². The number of rotatable bonds is 2. The summed E-state index contributed by atoms with van der Waals surface area (Å²) in [5.41, 5.74) is 0. The third-order valence-electron chi connectivity index (χ3n) is 1.50. The minimum atomic E-state index is -0.795. The number of carbonyl (C=O) groups excluding carboxylic acids is 1. The maximum absolute atomic E-state index is 11.0. The maximum Gasteiger partial charge on any atom is 0.337 e. The molecule has 3 heteroatoms. The first kappa shape index (κ1) is 9.10. The molecule has 0 fully saturated rings. The number of hydrogen-bond acceptors (Lipinski definition) is 3. The van der Waals surface area contributed by atoms with Crippen LogP contribution in [-0.2, 0) is 14.3 Å². The van der Waals surface area contributed by atoms with E-state index in [1.165, 1.54) is 6.08 Å². The Morgan fingerprint density at radius 2 is 2.08 bits per heavy atom. The number of carbonyl (C=O) groups is 1. The number of esters is 1. The van der Waals surface area contributed by atoms with Crippen molar-refractivity contribution in [2.75, 3.05) is 0 Å². The summed E-state index contributed by atoms with van der Waals surface area (Å²) in [6.45, 7) is 5.50. The molecule has 0 atom stereocenters. The van der Waals surface area contributed by atoms with Crippen molar-refractivity contribution in [2.45, 2.75) is 39.4 Å². The summed E-state index contributed by atoms with van der Waals surface area (Å²) in [6.07, 6.45) is 3.17. The standard InChI is InChI=1S/C9H14O3/c1-4-5-7-6-8(10)12-9(2,3)11-7/h6H,4-5H2,1-3H3. The predicted molar refractivity (Wildman–Crippen MR) is 44.2 cm³/mol. The van der Waals surface area contributed by atoms with Gasteiger partial charge in [-0.25, -0.2) is 4.79 Å². The van der Waals surface area contributed by atoms with E-state index < -0.39 is 5.79 Å². The van der Waals surface area contributed by atoms with Crippen LogP contribution < -0.4 is 0 Å². The first-order chi connectivity index (χ1) is 5.53. The van der Waals surface area contributed by atoms with Crippen LogP contribution in [0.25, 0.3) is 0 Å². The van der Waals surface area contributed by atoms with Crippen molar-refractivity contribution in [1.29, 1.82) is 0 Å². The van der Waals surface area contributed by atoms with Gasteiger partial charge >= 0.3 is 5.97 Å². The molecule has 0 bridgehead atoms. The normalized spacial score (nSPS) is 20.9. The van der Waals surface area contributed by atoms with E-state index in [1.54, 1.807) is 13.8 Å². The highest BCUT2D eigenvalue weighted by molar-refractivity contribution is 5.83. The average Bonchev–Trinajstić information content (AvgIpc) is 1.82. The van der Waals surface area contributed by atoms with Crippen molar-refractivity contribution in [3.05, 3.63) is 11.8 Å². The highest BCUT2D eigenvalue weighted by atomic mass is 16.7. The fourth-order valence-corrected chi connectivity index (χ4v) is 1.14. The highest BCUT2D eigenvalue weighted by Gasteiger charge is 2.29. The Balaban J connectivity index is 2.69. The second-order valence-electron chi connectivity index (χ2n) is 3.28. The molecule has 0 saturated heterocycles. The van der Waals surface area contributed by atoms with Gasteiger partial charge in [-0.1, -0.05) is 6.92 Å². The van der Waals surface area contributed by atoms with Crippen molar-refractivity contribution in [2.24, 2.45) is 0 Å². The van der Waals surface area contributed by atoms with Crippen LogP contribution in [0.1, 0.15) is 33.6 Å². The van der Waals surface area contributed by atoms with E-state index in [0.29, 0.717) is 0 Å². The molecule has 0 aliphatic carbocycles. The molecule has 68 valence electrons. The van der Waals surface area contributed by atoms with E-state index in [1.807, 2.05) is 6.92 Å². The van der Waals surface area contributed by atoms with Gasteiger partial charge in [-0.05, 0) is 6.42 Å². The molecule has 0 saturated carbocycles. The lowest BCUT2D eigenvalue weighted by Crippen LogP contribution is -2.34. The number of hydrogen-bond donors (Lipinski definition) is 0. The van der Waals surface area contributed by atoms with E-state index >= 15 is 0 Å². The maximum atomic E-state index is 11.0. The summed E-state index contributed by atoms with van der Waals surface area (Å²) < 4.78 is 10.3. The Morgan fingerprint density at radius 1 is 1.42 bits per heavy atom. The lowest BCUT2D eigenvalue weighted by molar-refractivity contribution is -0.205. The summed E-state index contributed by atoms with van der Waals surface area (Å²) >= 11 is 0. The zero-order valence-corrected chi connectivity index (χ0v) is 7.72. The number of cyclic esters (lactones) is 1. The second-order valence-corrected chi connectivity index (χ2v) is 3.28. The van der Waals surface area contributed by atoms with Gasteiger partial charge in [0.05, 0.1) is 6.08 Å². The third-order valence-corrected chi connectivity index (χ3v) is 1.50. The SMILES string of the molecule is CCCC1=CC(=O)OC(C)(C)O1. The first-order valence-electron chi connectivity index (χ1n) is 4.16. The second kappa shape index (κ2) is 3.17. The summed E-state index contributed by atoms with van der Waals surface area (Å²) in [6, 6.07) is 0. The Bertz CT molecular complexity index is 216. The summed E-state index contributed by atoms with van der Waals surface area (Å²) in [5, 5.41) is 0. The van der Waals surface area contributed by atoms with Crippen LogP contribution in [0.15, 0.2) is 11.8 Å². The largest absolute Gasteiger partial charge is 0.457 e. The van der Waals surface area contributed by atoms with Crippen molar-refractivity contribution in [1.82, 2.24) is 0 Å². The van der Waals surface area contributed by atoms with Crippen molar-refractivity contribution < 1.29 is 14.3 Å². The monoisotopic (exact) mass is 170 g/mol. The van der Waals surface area contributed by atoms with Gasteiger partial charge in [-0.3, -0.25) is 0 Å². The van der Waals surface area contributed by atoms with E-state index in [9.17, 15) is 4.79 Å². The number of ether oxygens (including phenoxy) is 2. The Labute approximate surface area is 72.4 Å². The molecule has 1 heterocycles. The molecule has 0 aromatic carbocycles. The molecule has 0 aromatic rings. The van der Waals surface area contributed by atoms with Crippen LogP contribution in [-0.4, -0.2) is 11.8 Å². The molecule has 0 unspecified atom stereocenters. The molecular formula is C9H14O3. The Morgan fingerprint density at radius 3 is 2.58 bits per heavy atom. The van der Waals surface area contributed by atoms with Gasteiger partial charge in [-0.15, -0.1) is 0 Å². The predicted octanol–water partition coefficient (Wildman–Crippen LogP) is 1.98. The van der Waals surface area contributed by atoms with Gasteiger partial charge in [-0.2, -0.15) is 0 Å². The van der Waals surface area contributed by atoms with Crippen molar-refractivity contribution in [3.8, 4) is 0 Å². The zero-order chi connectivity index (χ0) is 9.19. The molecule has 0 amide bonds. The van der Waals surface area contributed by atoms with Gasteiger partial charge in [0.1, 0.15) is 5.76 Å². The third kappa shape index (κ3) is 2.26. The smallest absolute Gasteiger partial charge is 0.337 e.